The summed E-state index contributed by atoms with van der Waals surface area (Å²) in [6, 6.07) is -0.00731. The molecule has 0 rings (SSSR count). The molecular formula is C9H21N3O. The third kappa shape index (κ3) is 4.24. The van der Waals surface area contributed by atoms with Gasteiger partial charge < -0.3 is 10.8 Å². The van der Waals surface area contributed by atoms with Gasteiger partial charge in [-0.05, 0) is 19.4 Å². The molecule has 0 saturated heterocycles. The van der Waals surface area contributed by atoms with Gasteiger partial charge in [0.1, 0.15) is 5.84 Å². The molecule has 0 heterocycles. The second-order valence-corrected chi connectivity index (χ2v) is 3.14. The maximum Gasteiger partial charge on any atom is 0.108 e. The predicted molar refractivity (Wildman–Crippen MR) is 54.9 cm³/mol. The summed E-state index contributed by atoms with van der Waals surface area (Å²) in [7, 11) is 0. The van der Waals surface area contributed by atoms with Crippen LogP contribution in [0.3, 0.4) is 0 Å². The molecule has 0 bridgehead atoms. The number of rotatable bonds is 7. The molecule has 0 aliphatic carbocycles. The molecule has 78 valence electrons. The summed E-state index contributed by atoms with van der Waals surface area (Å²) in [5.74, 6) is 0.199. The molecule has 4 heteroatoms. The van der Waals surface area contributed by atoms with E-state index in [1.165, 1.54) is 0 Å². The summed E-state index contributed by atoms with van der Waals surface area (Å²) in [5, 5.41) is 16.2. The first-order valence-electron chi connectivity index (χ1n) is 4.86. The van der Waals surface area contributed by atoms with Gasteiger partial charge in [-0.3, -0.25) is 10.3 Å². The summed E-state index contributed by atoms with van der Waals surface area (Å²) in [6.07, 6.45) is 1.85. The van der Waals surface area contributed by atoms with Crippen LogP contribution < -0.4 is 5.73 Å². The van der Waals surface area contributed by atoms with E-state index in [-0.39, 0.29) is 18.5 Å². The average molecular weight is 187 g/mol. The summed E-state index contributed by atoms with van der Waals surface area (Å²) < 4.78 is 0. The fourth-order valence-corrected chi connectivity index (χ4v) is 1.51. The topological polar surface area (TPSA) is 73.3 Å². The SMILES string of the molecule is CCCN(CCO)C(CC)C(=N)N. The van der Waals surface area contributed by atoms with Crippen LogP contribution in [0.15, 0.2) is 0 Å². The van der Waals surface area contributed by atoms with Crippen LogP contribution in [-0.4, -0.2) is 41.6 Å². The molecule has 0 aromatic heterocycles. The number of nitrogens with one attached hydrogen (secondary N) is 1. The number of amidine groups is 1. The second kappa shape index (κ2) is 6.86. The third-order valence-electron chi connectivity index (χ3n) is 2.08. The molecule has 1 atom stereocenters. The number of hydrogen-bond donors (Lipinski definition) is 3. The third-order valence-corrected chi connectivity index (χ3v) is 2.08. The van der Waals surface area contributed by atoms with Crippen molar-refractivity contribution in [2.45, 2.75) is 32.7 Å². The number of nitrogens with zero attached hydrogens (tertiary/aromatic N) is 1. The van der Waals surface area contributed by atoms with Gasteiger partial charge in [0.2, 0.25) is 0 Å². The van der Waals surface area contributed by atoms with E-state index in [4.69, 9.17) is 16.2 Å². The van der Waals surface area contributed by atoms with Gasteiger partial charge in [0.15, 0.2) is 0 Å². The van der Waals surface area contributed by atoms with E-state index >= 15 is 0 Å². The van der Waals surface area contributed by atoms with Crippen molar-refractivity contribution in [1.82, 2.24) is 4.90 Å². The van der Waals surface area contributed by atoms with Crippen LogP contribution in [0.2, 0.25) is 0 Å². The Morgan fingerprint density at radius 3 is 2.38 bits per heavy atom. The van der Waals surface area contributed by atoms with E-state index < -0.39 is 0 Å². The lowest BCUT2D eigenvalue weighted by Gasteiger charge is -2.29. The van der Waals surface area contributed by atoms with Gasteiger partial charge in [0.25, 0.3) is 0 Å². The molecule has 0 aromatic carbocycles. The van der Waals surface area contributed by atoms with Gasteiger partial charge in [0, 0.05) is 6.54 Å². The largest absolute Gasteiger partial charge is 0.395 e. The molecule has 0 aromatic rings. The first kappa shape index (κ1) is 12.4. The standard InChI is InChI=1S/C9H21N3O/c1-3-5-12(6-7-13)8(4-2)9(10)11/h8,13H,3-7H2,1-2H3,(H3,10,11). The van der Waals surface area contributed by atoms with Crippen molar-refractivity contribution >= 4 is 5.84 Å². The first-order chi connectivity index (χ1) is 6.17. The molecular weight excluding hydrogens is 166 g/mol. The summed E-state index contributed by atoms with van der Waals surface area (Å²) >= 11 is 0. The van der Waals surface area contributed by atoms with E-state index in [1.807, 2.05) is 6.92 Å². The van der Waals surface area contributed by atoms with Gasteiger partial charge in [-0.25, -0.2) is 0 Å². The molecule has 4 N–H and O–H groups in total. The Hall–Kier alpha value is -0.610. The monoisotopic (exact) mass is 187 g/mol. The summed E-state index contributed by atoms with van der Waals surface area (Å²) in [5.41, 5.74) is 5.47. The van der Waals surface area contributed by atoms with Crippen molar-refractivity contribution in [2.75, 3.05) is 19.7 Å². The maximum absolute atomic E-state index is 8.84. The maximum atomic E-state index is 8.84. The summed E-state index contributed by atoms with van der Waals surface area (Å²) in [4.78, 5) is 2.06. The predicted octanol–water partition coefficient (Wildman–Crippen LogP) is 0.405. The van der Waals surface area contributed by atoms with Crippen LogP contribution in [-0.2, 0) is 0 Å². The molecule has 0 fully saturated rings. The van der Waals surface area contributed by atoms with Crippen LogP contribution in [0.25, 0.3) is 0 Å². The second-order valence-electron chi connectivity index (χ2n) is 3.14. The molecule has 0 saturated carbocycles. The Labute approximate surface area is 80.2 Å². The number of hydrogen-bond acceptors (Lipinski definition) is 3. The normalized spacial score (nSPS) is 13.2. The molecule has 0 aliphatic heterocycles. The van der Waals surface area contributed by atoms with E-state index in [0.717, 1.165) is 19.4 Å². The zero-order valence-electron chi connectivity index (χ0n) is 8.58. The van der Waals surface area contributed by atoms with E-state index in [9.17, 15) is 0 Å². The highest BCUT2D eigenvalue weighted by Crippen LogP contribution is 2.04. The van der Waals surface area contributed by atoms with Crippen molar-refractivity contribution in [3.8, 4) is 0 Å². The Morgan fingerprint density at radius 2 is 2.08 bits per heavy atom. The van der Waals surface area contributed by atoms with Crippen LogP contribution >= 0.6 is 0 Å². The zero-order valence-corrected chi connectivity index (χ0v) is 8.58. The Bertz CT molecular complexity index is 144. The van der Waals surface area contributed by atoms with E-state index in [0.29, 0.717) is 6.54 Å². The Balaban J connectivity index is 4.20. The van der Waals surface area contributed by atoms with Gasteiger partial charge in [-0.1, -0.05) is 13.8 Å². The lowest BCUT2D eigenvalue weighted by molar-refractivity contribution is 0.175. The molecule has 4 nitrogen and oxygen atoms in total. The first-order valence-corrected chi connectivity index (χ1v) is 4.86. The highest BCUT2D eigenvalue weighted by molar-refractivity contribution is 5.82. The zero-order chi connectivity index (χ0) is 10.3. The Kier molecular flexibility index (Phi) is 6.54. The number of nitrogens with two attached hydrogens (primary N) is 1. The van der Waals surface area contributed by atoms with Crippen LogP contribution in [0.5, 0.6) is 0 Å². The van der Waals surface area contributed by atoms with Crippen LogP contribution in [0, 0.1) is 5.41 Å². The minimum absolute atomic E-state index is 0.00731. The van der Waals surface area contributed by atoms with Crippen molar-refractivity contribution in [1.29, 1.82) is 5.41 Å². The van der Waals surface area contributed by atoms with Crippen LogP contribution in [0.4, 0.5) is 0 Å². The van der Waals surface area contributed by atoms with E-state index in [2.05, 4.69) is 11.8 Å². The van der Waals surface area contributed by atoms with Crippen molar-refractivity contribution in [3.63, 3.8) is 0 Å². The highest BCUT2D eigenvalue weighted by atomic mass is 16.3. The minimum atomic E-state index is -0.00731. The van der Waals surface area contributed by atoms with Gasteiger partial charge in [-0.2, -0.15) is 0 Å². The molecule has 1 unspecified atom stereocenters. The lowest BCUT2D eigenvalue weighted by atomic mass is 10.1. The molecule has 0 aliphatic rings. The average Bonchev–Trinajstić information content (AvgIpc) is 2.05. The fraction of sp³-hybridized carbons (Fsp3) is 0.889. The molecule has 13 heavy (non-hydrogen) atoms. The molecule has 0 radical (unpaired) electrons. The van der Waals surface area contributed by atoms with Gasteiger partial charge >= 0.3 is 0 Å². The van der Waals surface area contributed by atoms with Crippen molar-refractivity contribution in [3.05, 3.63) is 0 Å². The van der Waals surface area contributed by atoms with E-state index in [1.54, 1.807) is 0 Å². The number of aliphatic hydroxyl groups excluding tert-OH is 1. The van der Waals surface area contributed by atoms with Crippen molar-refractivity contribution < 1.29 is 5.11 Å². The quantitative estimate of drug-likeness (QED) is 0.399. The van der Waals surface area contributed by atoms with Gasteiger partial charge in [0.05, 0.1) is 12.6 Å². The number of aliphatic hydroxyl groups is 1. The minimum Gasteiger partial charge on any atom is -0.395 e. The fourth-order valence-electron chi connectivity index (χ4n) is 1.51. The smallest absolute Gasteiger partial charge is 0.108 e. The summed E-state index contributed by atoms with van der Waals surface area (Å²) in [6.45, 7) is 5.71. The highest BCUT2D eigenvalue weighted by Gasteiger charge is 2.17. The Morgan fingerprint density at radius 1 is 1.46 bits per heavy atom. The molecule has 0 amide bonds. The van der Waals surface area contributed by atoms with Crippen LogP contribution in [0.1, 0.15) is 26.7 Å². The lowest BCUT2D eigenvalue weighted by Crippen LogP contribution is -2.45. The van der Waals surface area contributed by atoms with Crippen molar-refractivity contribution in [2.24, 2.45) is 5.73 Å². The molecule has 0 spiro atoms. The van der Waals surface area contributed by atoms with Gasteiger partial charge in [-0.15, -0.1) is 0 Å².